The molecule has 1 aromatic carbocycles. The lowest BCUT2D eigenvalue weighted by molar-refractivity contribution is -0.149. The van der Waals surface area contributed by atoms with Crippen LogP contribution >= 0.6 is 22.9 Å². The highest BCUT2D eigenvalue weighted by Crippen LogP contribution is 2.38. The number of esters is 1. The van der Waals surface area contributed by atoms with Gasteiger partial charge in [0, 0.05) is 22.9 Å². The number of nitrogens with one attached hydrogen (secondary N) is 2. The van der Waals surface area contributed by atoms with Crippen molar-refractivity contribution in [1.82, 2.24) is 14.9 Å². The number of ether oxygens (including phenoxy) is 2. The Hall–Kier alpha value is -2.67. The maximum absolute atomic E-state index is 14.1. The Morgan fingerprint density at radius 1 is 1.23 bits per heavy atom. The molecule has 1 aliphatic heterocycles. The second-order valence-corrected chi connectivity index (χ2v) is 13.4. The van der Waals surface area contributed by atoms with Gasteiger partial charge in [0.15, 0.2) is 0 Å². The molecule has 1 aromatic heterocycles. The molecule has 1 saturated carbocycles. The fraction of sp³-hybridized carbons (Fsp3) is 0.519. The lowest BCUT2D eigenvalue weighted by Crippen LogP contribution is -2.56. The number of rotatable bonds is 11. The molecule has 4 unspecified atom stereocenters. The number of amides is 2. The van der Waals surface area contributed by atoms with Gasteiger partial charge in [-0.2, -0.15) is 4.72 Å². The first-order valence-corrected chi connectivity index (χ1v) is 16.0. The van der Waals surface area contributed by atoms with E-state index in [4.69, 9.17) is 21.1 Å². The van der Waals surface area contributed by atoms with Crippen LogP contribution in [0, 0.1) is 5.92 Å². The molecule has 218 valence electrons. The fourth-order valence-electron chi connectivity index (χ4n) is 5.36. The van der Waals surface area contributed by atoms with Crippen molar-refractivity contribution in [3.8, 4) is 5.75 Å². The van der Waals surface area contributed by atoms with Crippen LogP contribution in [-0.2, 0) is 35.7 Å². The predicted molar refractivity (Wildman–Crippen MR) is 151 cm³/mol. The number of nitrogens with zero attached hydrogens (tertiary/aromatic N) is 1. The highest BCUT2D eigenvalue weighted by Gasteiger charge is 2.46. The van der Waals surface area contributed by atoms with Crippen molar-refractivity contribution in [2.45, 2.75) is 61.9 Å². The number of sulfonamides is 1. The van der Waals surface area contributed by atoms with E-state index in [1.807, 2.05) is 17.5 Å². The van der Waals surface area contributed by atoms with Gasteiger partial charge < -0.3 is 19.7 Å². The molecule has 0 bridgehead atoms. The fourth-order valence-corrected chi connectivity index (χ4v) is 8.51. The number of alkyl halides is 1. The van der Waals surface area contributed by atoms with Gasteiger partial charge in [-0.25, -0.2) is 8.42 Å². The molecule has 2 heterocycles. The predicted octanol–water partition coefficient (Wildman–Crippen LogP) is 2.97. The number of thiophene rings is 1. The number of halogens is 1. The van der Waals surface area contributed by atoms with Gasteiger partial charge in [0.25, 0.3) is 0 Å². The lowest BCUT2D eigenvalue weighted by Gasteiger charge is -2.41. The number of carbonyl (C=O) groups excluding carboxylic acids is 3. The van der Waals surface area contributed by atoms with Gasteiger partial charge in [-0.05, 0) is 49.6 Å². The molecule has 10 nitrogen and oxygen atoms in total. The van der Waals surface area contributed by atoms with E-state index < -0.39 is 38.6 Å². The summed E-state index contributed by atoms with van der Waals surface area (Å²) in [7, 11) is -2.72. The molecule has 2 aromatic rings. The van der Waals surface area contributed by atoms with E-state index in [-0.39, 0.29) is 44.0 Å². The quantitative estimate of drug-likeness (QED) is 0.295. The van der Waals surface area contributed by atoms with Crippen LogP contribution in [0.4, 0.5) is 0 Å². The summed E-state index contributed by atoms with van der Waals surface area (Å²) in [4.78, 5) is 40.6. The van der Waals surface area contributed by atoms with Gasteiger partial charge >= 0.3 is 5.97 Å². The topological polar surface area (TPSA) is 131 Å². The van der Waals surface area contributed by atoms with Crippen molar-refractivity contribution in [2.24, 2.45) is 5.92 Å². The highest BCUT2D eigenvalue weighted by atomic mass is 35.5. The summed E-state index contributed by atoms with van der Waals surface area (Å²) >= 11 is 8.03. The molecule has 5 atom stereocenters. The average Bonchev–Trinajstić information content (AvgIpc) is 3.44. The second-order valence-electron chi connectivity index (χ2n) is 9.92. The SMILES string of the molecule is CCOC(=O)CN(Cc1cccs1)C(=O)[C@H](NS(=O)(=O)C1CC2CCC(=O)NC2CC1Cl)c1ccccc1OC. The third-order valence-corrected chi connectivity index (χ3v) is 10.7. The zero-order valence-electron chi connectivity index (χ0n) is 22.4. The Bertz CT molecular complexity index is 1300. The van der Waals surface area contributed by atoms with E-state index in [0.717, 1.165) is 4.88 Å². The van der Waals surface area contributed by atoms with Crippen LogP contribution in [0.1, 0.15) is 49.1 Å². The summed E-state index contributed by atoms with van der Waals surface area (Å²) in [5.74, 6) is -1.00. The van der Waals surface area contributed by atoms with E-state index in [1.165, 1.54) is 23.3 Å². The summed E-state index contributed by atoms with van der Waals surface area (Å²) in [6, 6.07) is 8.75. The largest absolute Gasteiger partial charge is 0.496 e. The number of benzene rings is 1. The summed E-state index contributed by atoms with van der Waals surface area (Å²) < 4.78 is 41.0. The minimum Gasteiger partial charge on any atom is -0.496 e. The molecule has 40 heavy (non-hydrogen) atoms. The number of fused-ring (bicyclic) bond motifs is 1. The van der Waals surface area contributed by atoms with E-state index in [1.54, 1.807) is 31.2 Å². The molecule has 1 saturated heterocycles. The zero-order chi connectivity index (χ0) is 28.9. The number of piperidine rings is 1. The second kappa shape index (κ2) is 13.3. The molecule has 2 aliphatic rings. The van der Waals surface area contributed by atoms with Crippen LogP contribution in [0.15, 0.2) is 41.8 Å². The maximum Gasteiger partial charge on any atom is 0.325 e. The Labute approximate surface area is 243 Å². The van der Waals surface area contributed by atoms with Crippen LogP contribution in [0.5, 0.6) is 5.75 Å². The highest BCUT2D eigenvalue weighted by molar-refractivity contribution is 7.90. The molecular weight excluding hydrogens is 578 g/mol. The van der Waals surface area contributed by atoms with E-state index in [9.17, 15) is 22.8 Å². The van der Waals surface area contributed by atoms with Gasteiger partial charge in [-0.3, -0.25) is 14.4 Å². The minimum atomic E-state index is -4.16. The van der Waals surface area contributed by atoms with Crippen molar-refractivity contribution in [3.05, 3.63) is 52.2 Å². The van der Waals surface area contributed by atoms with Gasteiger partial charge in [0.05, 0.1) is 30.9 Å². The Kier molecular flexibility index (Phi) is 10.1. The monoisotopic (exact) mass is 611 g/mol. The third kappa shape index (κ3) is 7.15. The molecule has 13 heteroatoms. The molecule has 0 spiro atoms. The zero-order valence-corrected chi connectivity index (χ0v) is 24.8. The Balaban J connectivity index is 1.66. The van der Waals surface area contributed by atoms with Crippen molar-refractivity contribution in [1.29, 1.82) is 0 Å². The summed E-state index contributed by atoms with van der Waals surface area (Å²) in [5.41, 5.74) is 0.309. The smallest absolute Gasteiger partial charge is 0.325 e. The maximum atomic E-state index is 14.1. The van der Waals surface area contributed by atoms with Crippen LogP contribution in [0.3, 0.4) is 0 Å². The molecule has 2 amide bonds. The van der Waals surface area contributed by atoms with E-state index >= 15 is 0 Å². The van der Waals surface area contributed by atoms with Gasteiger partial charge in [0.2, 0.25) is 21.8 Å². The first-order chi connectivity index (χ1) is 19.1. The molecule has 0 radical (unpaired) electrons. The normalized spacial score (nSPS) is 23.4. The first-order valence-electron chi connectivity index (χ1n) is 13.2. The van der Waals surface area contributed by atoms with Crippen LogP contribution in [-0.4, -0.2) is 68.0 Å². The van der Waals surface area contributed by atoms with Gasteiger partial charge in [0.1, 0.15) is 18.3 Å². The summed E-state index contributed by atoms with van der Waals surface area (Å²) in [6.07, 6.45) is 1.48. The number of hydrogen-bond donors (Lipinski definition) is 2. The minimum absolute atomic E-state index is 0.0335. The molecular formula is C27H34ClN3O7S2. The van der Waals surface area contributed by atoms with Crippen LogP contribution < -0.4 is 14.8 Å². The first kappa shape index (κ1) is 30.3. The number of hydrogen-bond acceptors (Lipinski definition) is 8. The molecule has 2 fully saturated rings. The number of para-hydroxylation sites is 1. The average molecular weight is 612 g/mol. The third-order valence-electron chi connectivity index (χ3n) is 7.32. The standard InChI is InChI=1S/C27H34ClN3O7S2/c1-3-38-25(33)16-31(15-18-7-6-12-39-18)27(34)26(19-8-4-5-9-22(19)37-2)30-40(35,36)23-13-17-10-11-24(32)29-21(17)14-20(23)28/h4-9,12,17,20-21,23,26,30H,3,10-11,13-16H2,1-2H3,(H,29,32)/t17?,20?,21?,23?,26-/m1/s1. The van der Waals surface area contributed by atoms with E-state index in [0.29, 0.717) is 30.6 Å². The van der Waals surface area contributed by atoms with Crippen LogP contribution in [0.2, 0.25) is 0 Å². The summed E-state index contributed by atoms with van der Waals surface area (Å²) in [5, 5.41) is 3.03. The van der Waals surface area contributed by atoms with Crippen molar-refractivity contribution in [3.63, 3.8) is 0 Å². The van der Waals surface area contributed by atoms with Crippen molar-refractivity contribution < 1.29 is 32.3 Å². The molecule has 1 aliphatic carbocycles. The van der Waals surface area contributed by atoms with Crippen molar-refractivity contribution >= 4 is 50.7 Å². The van der Waals surface area contributed by atoms with Crippen LogP contribution in [0.25, 0.3) is 0 Å². The van der Waals surface area contributed by atoms with Crippen molar-refractivity contribution in [2.75, 3.05) is 20.3 Å². The van der Waals surface area contributed by atoms with Gasteiger partial charge in [-0.15, -0.1) is 22.9 Å². The Morgan fingerprint density at radius 3 is 2.70 bits per heavy atom. The summed E-state index contributed by atoms with van der Waals surface area (Å²) in [6.45, 7) is 1.55. The molecule has 4 rings (SSSR count). The van der Waals surface area contributed by atoms with E-state index in [2.05, 4.69) is 10.0 Å². The number of methoxy groups -OCH3 is 1. The Morgan fingerprint density at radius 2 is 2.00 bits per heavy atom. The molecule has 2 N–H and O–H groups in total. The lowest BCUT2D eigenvalue weighted by atomic mass is 9.79. The number of carbonyl (C=O) groups is 3. The van der Waals surface area contributed by atoms with Gasteiger partial charge in [-0.1, -0.05) is 24.3 Å².